The Morgan fingerprint density at radius 3 is 2.41 bits per heavy atom. The third-order valence-electron chi connectivity index (χ3n) is 3.65. The normalized spacial score (nSPS) is 15.9. The number of anilines is 1. The van der Waals surface area contributed by atoms with Crippen LogP contribution in [-0.4, -0.2) is 24.5 Å². The number of carbonyl (C=O) groups excluding carboxylic acids is 1. The lowest BCUT2D eigenvalue weighted by Crippen LogP contribution is -2.30. The second-order valence-electron chi connectivity index (χ2n) is 5.41. The van der Waals surface area contributed by atoms with Gasteiger partial charge in [-0.3, -0.25) is 9.69 Å². The molecule has 1 heterocycles. The van der Waals surface area contributed by atoms with Gasteiger partial charge in [0, 0.05) is 5.56 Å². The van der Waals surface area contributed by atoms with E-state index in [1.165, 1.54) is 24.1 Å². The molecular formula is C18H13F3N2O3S. The summed E-state index contributed by atoms with van der Waals surface area (Å²) in [6.45, 7) is 0. The fourth-order valence-corrected chi connectivity index (χ4v) is 2.81. The van der Waals surface area contributed by atoms with E-state index in [9.17, 15) is 18.0 Å². The summed E-state index contributed by atoms with van der Waals surface area (Å²) in [5, 5.41) is 2.92. The molecule has 1 amide bonds. The molecule has 5 nitrogen and oxygen atoms in total. The molecule has 0 aromatic heterocycles. The fraction of sp³-hybridized carbons (Fsp3) is 0.111. The van der Waals surface area contributed by atoms with Gasteiger partial charge in [-0.15, -0.1) is 13.2 Å². The monoisotopic (exact) mass is 394 g/mol. The first-order chi connectivity index (χ1) is 12.8. The molecule has 0 saturated carbocycles. The van der Waals surface area contributed by atoms with Crippen molar-refractivity contribution in [2.45, 2.75) is 6.36 Å². The van der Waals surface area contributed by atoms with Gasteiger partial charge in [0.05, 0.1) is 12.8 Å². The van der Waals surface area contributed by atoms with Gasteiger partial charge in [-0.1, -0.05) is 18.2 Å². The maximum absolute atomic E-state index is 12.7. The predicted octanol–water partition coefficient (Wildman–Crippen LogP) is 3.86. The molecule has 9 heteroatoms. The average Bonchev–Trinajstić information content (AvgIpc) is 2.88. The van der Waals surface area contributed by atoms with E-state index in [-0.39, 0.29) is 16.6 Å². The molecule has 1 aliphatic heterocycles. The van der Waals surface area contributed by atoms with Gasteiger partial charge < -0.3 is 14.8 Å². The Morgan fingerprint density at radius 2 is 1.78 bits per heavy atom. The van der Waals surface area contributed by atoms with Crippen molar-refractivity contribution in [2.24, 2.45) is 0 Å². The molecule has 0 aliphatic carbocycles. The quantitative estimate of drug-likeness (QED) is 0.631. The van der Waals surface area contributed by atoms with Crippen LogP contribution in [0.15, 0.2) is 54.2 Å². The van der Waals surface area contributed by atoms with Gasteiger partial charge >= 0.3 is 6.36 Å². The minimum Gasteiger partial charge on any atom is -0.496 e. The summed E-state index contributed by atoms with van der Waals surface area (Å²) in [6.07, 6.45) is -3.19. The van der Waals surface area contributed by atoms with Crippen LogP contribution in [0.4, 0.5) is 18.9 Å². The van der Waals surface area contributed by atoms with E-state index in [0.29, 0.717) is 17.0 Å². The van der Waals surface area contributed by atoms with E-state index in [1.807, 2.05) is 0 Å². The van der Waals surface area contributed by atoms with Crippen molar-refractivity contribution in [3.63, 3.8) is 0 Å². The largest absolute Gasteiger partial charge is 0.573 e. The number of carbonyl (C=O) groups is 1. The van der Waals surface area contributed by atoms with Crippen molar-refractivity contribution >= 4 is 35.0 Å². The fourth-order valence-electron chi connectivity index (χ4n) is 2.51. The number of hydrogen-bond acceptors (Lipinski definition) is 4. The minimum atomic E-state index is -4.79. The first-order valence-corrected chi connectivity index (χ1v) is 8.05. The number of hydrogen-bond donors (Lipinski definition) is 1. The van der Waals surface area contributed by atoms with Crippen LogP contribution in [0, 0.1) is 0 Å². The standard InChI is InChI=1S/C18H13F3N2O3S/c1-25-15-5-3-2-4-11(15)10-14-16(24)23(17(27)22-14)12-6-8-13(9-7-12)26-18(19,20)21/h2-10H,1H3,(H,22,27)/b14-10-. The van der Waals surface area contributed by atoms with Crippen LogP contribution in [0.1, 0.15) is 5.56 Å². The van der Waals surface area contributed by atoms with Crippen LogP contribution >= 0.6 is 12.2 Å². The number of alkyl halides is 3. The van der Waals surface area contributed by atoms with Crippen LogP contribution in [-0.2, 0) is 4.79 Å². The zero-order chi connectivity index (χ0) is 19.6. The highest BCUT2D eigenvalue weighted by Crippen LogP contribution is 2.28. The number of benzene rings is 2. The lowest BCUT2D eigenvalue weighted by molar-refractivity contribution is -0.274. The molecular weight excluding hydrogens is 381 g/mol. The number of rotatable bonds is 4. The summed E-state index contributed by atoms with van der Waals surface area (Å²) < 4.78 is 45.8. The van der Waals surface area contributed by atoms with Crippen LogP contribution in [0.25, 0.3) is 6.08 Å². The first-order valence-electron chi connectivity index (χ1n) is 7.64. The number of ether oxygens (including phenoxy) is 2. The smallest absolute Gasteiger partial charge is 0.496 e. The van der Waals surface area contributed by atoms with Gasteiger partial charge in [-0.05, 0) is 48.6 Å². The molecule has 0 spiro atoms. The molecule has 27 heavy (non-hydrogen) atoms. The molecule has 1 N–H and O–H groups in total. The average molecular weight is 394 g/mol. The Bertz CT molecular complexity index is 911. The lowest BCUT2D eigenvalue weighted by Gasteiger charge is -2.15. The molecule has 1 saturated heterocycles. The molecule has 0 radical (unpaired) electrons. The third kappa shape index (κ3) is 4.20. The molecule has 2 aromatic carbocycles. The van der Waals surface area contributed by atoms with Crippen molar-refractivity contribution in [3.8, 4) is 11.5 Å². The molecule has 1 aliphatic rings. The van der Waals surface area contributed by atoms with Crippen LogP contribution < -0.4 is 19.7 Å². The van der Waals surface area contributed by atoms with Crippen molar-refractivity contribution in [2.75, 3.05) is 12.0 Å². The molecule has 0 unspecified atom stereocenters. The Labute approximate surface area is 158 Å². The highest BCUT2D eigenvalue weighted by Gasteiger charge is 2.33. The minimum absolute atomic E-state index is 0.116. The zero-order valence-electron chi connectivity index (χ0n) is 13.9. The van der Waals surface area contributed by atoms with Gasteiger partial charge in [0.2, 0.25) is 0 Å². The van der Waals surface area contributed by atoms with E-state index in [2.05, 4.69) is 10.1 Å². The Balaban J connectivity index is 1.85. The topological polar surface area (TPSA) is 50.8 Å². The third-order valence-corrected chi connectivity index (χ3v) is 3.93. The van der Waals surface area contributed by atoms with Crippen molar-refractivity contribution in [1.29, 1.82) is 0 Å². The number of halogens is 3. The summed E-state index contributed by atoms with van der Waals surface area (Å²) in [7, 11) is 1.52. The maximum Gasteiger partial charge on any atom is 0.573 e. The zero-order valence-corrected chi connectivity index (χ0v) is 14.7. The van der Waals surface area contributed by atoms with Gasteiger partial charge in [0.25, 0.3) is 5.91 Å². The number of para-hydroxylation sites is 1. The SMILES string of the molecule is COc1ccccc1/C=C1\NC(=S)N(c2ccc(OC(F)(F)F)cc2)C1=O. The predicted molar refractivity (Wildman–Crippen MR) is 97.3 cm³/mol. The number of nitrogens with one attached hydrogen (secondary N) is 1. The Morgan fingerprint density at radius 1 is 1.11 bits per heavy atom. The molecule has 0 bridgehead atoms. The first kappa shape index (κ1) is 18.7. The van der Waals surface area contributed by atoms with Crippen molar-refractivity contribution in [1.82, 2.24) is 5.32 Å². The molecule has 3 rings (SSSR count). The summed E-state index contributed by atoms with van der Waals surface area (Å²) in [6, 6.07) is 12.0. The van der Waals surface area contributed by atoms with Crippen molar-refractivity contribution in [3.05, 3.63) is 59.8 Å². The Kier molecular flexibility index (Phi) is 5.04. The maximum atomic E-state index is 12.7. The molecule has 2 aromatic rings. The van der Waals surface area contributed by atoms with E-state index in [1.54, 1.807) is 30.3 Å². The Hall–Kier alpha value is -3.07. The van der Waals surface area contributed by atoms with Gasteiger partial charge in [0.15, 0.2) is 5.11 Å². The van der Waals surface area contributed by atoms with Crippen molar-refractivity contribution < 1.29 is 27.4 Å². The summed E-state index contributed by atoms with van der Waals surface area (Å²) >= 11 is 5.19. The van der Waals surface area contributed by atoms with E-state index in [4.69, 9.17) is 17.0 Å². The van der Waals surface area contributed by atoms with E-state index in [0.717, 1.165) is 12.1 Å². The summed E-state index contributed by atoms with van der Waals surface area (Å²) in [5.74, 6) is -0.241. The number of amides is 1. The number of thiocarbonyl (C=S) groups is 1. The van der Waals surface area contributed by atoms with Gasteiger partial charge in [0.1, 0.15) is 17.2 Å². The van der Waals surface area contributed by atoms with Crippen LogP contribution in [0.3, 0.4) is 0 Å². The van der Waals surface area contributed by atoms with Gasteiger partial charge in [-0.25, -0.2) is 0 Å². The van der Waals surface area contributed by atoms with Crippen LogP contribution in [0.2, 0.25) is 0 Å². The second kappa shape index (κ2) is 7.28. The molecule has 140 valence electrons. The number of nitrogens with zero attached hydrogens (tertiary/aromatic N) is 1. The molecule has 1 fully saturated rings. The highest BCUT2D eigenvalue weighted by molar-refractivity contribution is 7.80. The van der Waals surface area contributed by atoms with E-state index < -0.39 is 12.3 Å². The van der Waals surface area contributed by atoms with E-state index >= 15 is 0 Å². The highest BCUT2D eigenvalue weighted by atomic mass is 32.1. The van der Waals surface area contributed by atoms with Gasteiger partial charge in [-0.2, -0.15) is 0 Å². The second-order valence-corrected chi connectivity index (χ2v) is 5.80. The summed E-state index contributed by atoms with van der Waals surface area (Å²) in [4.78, 5) is 13.9. The molecule has 0 atom stereocenters. The van der Waals surface area contributed by atoms with Crippen LogP contribution in [0.5, 0.6) is 11.5 Å². The number of methoxy groups -OCH3 is 1. The summed E-state index contributed by atoms with van der Waals surface area (Å²) in [5.41, 5.74) is 1.21. The lowest BCUT2D eigenvalue weighted by atomic mass is 10.1.